The Hall–Kier alpha value is -2.97. The molecule has 162 valence electrons. The number of rotatable bonds is 7. The minimum absolute atomic E-state index is 0.0468. The molecular weight excluding hydrogens is 414 g/mol. The van der Waals surface area contributed by atoms with Gasteiger partial charge in [0.05, 0.1) is 31.2 Å². The lowest BCUT2D eigenvalue weighted by molar-refractivity contribution is -0.126. The molecule has 4 rings (SSSR count). The van der Waals surface area contributed by atoms with Crippen LogP contribution in [0.15, 0.2) is 52.5 Å². The number of nitrogens with zero attached hydrogens (tertiary/aromatic N) is 2. The second-order valence-corrected chi connectivity index (χ2v) is 8.42. The summed E-state index contributed by atoms with van der Waals surface area (Å²) in [5, 5.41) is 5.97. The monoisotopic (exact) mass is 439 g/mol. The van der Waals surface area contributed by atoms with Crippen LogP contribution in [-0.2, 0) is 22.6 Å². The van der Waals surface area contributed by atoms with Crippen LogP contribution >= 0.6 is 11.3 Å². The number of benzene rings is 1. The van der Waals surface area contributed by atoms with Crippen LogP contribution in [0.5, 0.6) is 0 Å². The average Bonchev–Trinajstić information content (AvgIpc) is 3.50. The highest BCUT2D eigenvalue weighted by molar-refractivity contribution is 7.13. The van der Waals surface area contributed by atoms with Gasteiger partial charge in [-0.1, -0.05) is 12.1 Å². The normalized spacial score (nSPS) is 15.0. The van der Waals surface area contributed by atoms with E-state index in [0.29, 0.717) is 12.1 Å². The standard InChI is InChI=1S/C23H25N3O4S/c1-29-23(28)18-6-4-17(5-7-18)22-25-19(15-31-22)14-26-10-8-16(9-11-26)21(27)24-13-20-3-2-12-30-20/h2-7,12,15-16H,8-11,13-14H2,1H3,(H,24,27). The van der Waals surface area contributed by atoms with E-state index >= 15 is 0 Å². The van der Waals surface area contributed by atoms with Crippen LogP contribution in [0.3, 0.4) is 0 Å². The van der Waals surface area contributed by atoms with Crippen molar-refractivity contribution in [2.45, 2.75) is 25.9 Å². The summed E-state index contributed by atoms with van der Waals surface area (Å²) in [5.41, 5.74) is 2.53. The van der Waals surface area contributed by atoms with E-state index in [1.54, 1.807) is 29.7 Å². The van der Waals surface area contributed by atoms with Gasteiger partial charge in [0.25, 0.3) is 0 Å². The molecular formula is C23H25N3O4S. The van der Waals surface area contributed by atoms with Crippen molar-refractivity contribution in [3.05, 3.63) is 65.1 Å². The van der Waals surface area contributed by atoms with Gasteiger partial charge in [0.1, 0.15) is 10.8 Å². The van der Waals surface area contributed by atoms with Crippen LogP contribution < -0.4 is 5.32 Å². The first-order chi connectivity index (χ1) is 15.1. The van der Waals surface area contributed by atoms with E-state index in [4.69, 9.17) is 14.1 Å². The molecule has 1 aromatic carbocycles. The van der Waals surface area contributed by atoms with Gasteiger partial charge in [-0.05, 0) is 50.2 Å². The molecule has 1 N–H and O–H groups in total. The number of nitrogens with one attached hydrogen (secondary N) is 1. The smallest absolute Gasteiger partial charge is 0.337 e. The number of hydrogen-bond donors (Lipinski definition) is 1. The summed E-state index contributed by atoms with van der Waals surface area (Å²) in [4.78, 5) is 31.1. The number of hydrogen-bond acceptors (Lipinski definition) is 7. The number of piperidine rings is 1. The number of carbonyl (C=O) groups is 2. The molecule has 3 heterocycles. The minimum atomic E-state index is -0.343. The number of ether oxygens (including phenoxy) is 1. The molecule has 1 amide bonds. The van der Waals surface area contributed by atoms with Gasteiger partial charge in [-0.15, -0.1) is 11.3 Å². The van der Waals surface area contributed by atoms with E-state index in [0.717, 1.165) is 54.5 Å². The second kappa shape index (κ2) is 9.89. The lowest BCUT2D eigenvalue weighted by Gasteiger charge is -2.30. The summed E-state index contributed by atoms with van der Waals surface area (Å²) in [6.07, 6.45) is 3.30. The van der Waals surface area contributed by atoms with Gasteiger partial charge in [-0.3, -0.25) is 9.69 Å². The van der Waals surface area contributed by atoms with Crippen LogP contribution in [-0.4, -0.2) is 42.0 Å². The fourth-order valence-electron chi connectivity index (χ4n) is 3.69. The number of aromatic nitrogens is 1. The molecule has 1 aliphatic rings. The van der Waals surface area contributed by atoms with Crippen molar-refractivity contribution in [1.29, 1.82) is 0 Å². The molecule has 0 spiro atoms. The van der Waals surface area contributed by atoms with Crippen LogP contribution in [0.2, 0.25) is 0 Å². The quantitative estimate of drug-likeness (QED) is 0.565. The fourth-order valence-corrected chi connectivity index (χ4v) is 4.51. The zero-order valence-electron chi connectivity index (χ0n) is 17.4. The van der Waals surface area contributed by atoms with E-state index in [1.165, 1.54) is 7.11 Å². The first-order valence-electron chi connectivity index (χ1n) is 10.3. The largest absolute Gasteiger partial charge is 0.467 e. The molecule has 31 heavy (non-hydrogen) atoms. The zero-order valence-corrected chi connectivity index (χ0v) is 18.2. The van der Waals surface area contributed by atoms with E-state index in [9.17, 15) is 9.59 Å². The summed E-state index contributed by atoms with van der Waals surface area (Å²) in [5.74, 6) is 0.572. The molecule has 8 heteroatoms. The van der Waals surface area contributed by atoms with Crippen molar-refractivity contribution >= 4 is 23.2 Å². The van der Waals surface area contributed by atoms with Gasteiger partial charge in [-0.2, -0.15) is 0 Å². The third-order valence-electron chi connectivity index (χ3n) is 5.47. The lowest BCUT2D eigenvalue weighted by atomic mass is 9.96. The van der Waals surface area contributed by atoms with Crippen molar-refractivity contribution < 1.29 is 18.7 Å². The molecule has 0 atom stereocenters. The number of furan rings is 1. The SMILES string of the molecule is COC(=O)c1ccc(-c2nc(CN3CCC(C(=O)NCc4ccco4)CC3)cs2)cc1. The van der Waals surface area contributed by atoms with Crippen LogP contribution in [0.25, 0.3) is 10.6 Å². The maximum absolute atomic E-state index is 12.4. The van der Waals surface area contributed by atoms with Gasteiger partial charge in [0.15, 0.2) is 0 Å². The Kier molecular flexibility index (Phi) is 6.79. The summed E-state index contributed by atoms with van der Waals surface area (Å²) in [6.45, 7) is 2.96. The number of likely N-dealkylation sites (tertiary alicyclic amines) is 1. The zero-order chi connectivity index (χ0) is 21.6. The van der Waals surface area contributed by atoms with Crippen molar-refractivity contribution in [3.63, 3.8) is 0 Å². The third kappa shape index (κ3) is 5.39. The topological polar surface area (TPSA) is 84.7 Å². The predicted molar refractivity (Wildman–Crippen MR) is 117 cm³/mol. The fraction of sp³-hybridized carbons (Fsp3) is 0.348. The predicted octanol–water partition coefficient (Wildman–Crippen LogP) is 3.72. The number of carbonyl (C=O) groups excluding carboxylic acids is 2. The van der Waals surface area contributed by atoms with Gasteiger partial charge < -0.3 is 14.5 Å². The lowest BCUT2D eigenvalue weighted by Crippen LogP contribution is -2.40. The molecule has 3 aromatic rings. The maximum atomic E-state index is 12.4. The van der Waals surface area contributed by atoms with Crippen LogP contribution in [0, 0.1) is 5.92 Å². The number of thiazole rings is 1. The van der Waals surface area contributed by atoms with E-state index < -0.39 is 0 Å². The number of esters is 1. The maximum Gasteiger partial charge on any atom is 0.337 e. The van der Waals surface area contributed by atoms with Crippen molar-refractivity contribution in [3.8, 4) is 10.6 Å². The molecule has 1 saturated heterocycles. The Morgan fingerprint density at radius 3 is 2.68 bits per heavy atom. The Morgan fingerprint density at radius 1 is 1.23 bits per heavy atom. The first-order valence-corrected chi connectivity index (χ1v) is 11.2. The Labute approximate surface area is 185 Å². The van der Waals surface area contributed by atoms with Gasteiger partial charge in [0.2, 0.25) is 5.91 Å². The number of methoxy groups -OCH3 is 1. The highest BCUT2D eigenvalue weighted by Crippen LogP contribution is 2.26. The van der Waals surface area contributed by atoms with Crippen molar-refractivity contribution in [2.24, 2.45) is 5.92 Å². The van der Waals surface area contributed by atoms with E-state index in [-0.39, 0.29) is 17.8 Å². The molecule has 7 nitrogen and oxygen atoms in total. The molecule has 2 aromatic heterocycles. The second-order valence-electron chi connectivity index (χ2n) is 7.56. The van der Waals surface area contributed by atoms with Crippen molar-refractivity contribution in [2.75, 3.05) is 20.2 Å². The van der Waals surface area contributed by atoms with Gasteiger partial charge in [-0.25, -0.2) is 9.78 Å². The highest BCUT2D eigenvalue weighted by atomic mass is 32.1. The molecule has 1 fully saturated rings. The van der Waals surface area contributed by atoms with Gasteiger partial charge in [0, 0.05) is 23.4 Å². The minimum Gasteiger partial charge on any atom is -0.467 e. The van der Waals surface area contributed by atoms with Crippen molar-refractivity contribution in [1.82, 2.24) is 15.2 Å². The highest BCUT2D eigenvalue weighted by Gasteiger charge is 2.25. The summed E-state index contributed by atoms with van der Waals surface area (Å²) in [6, 6.07) is 11.0. The number of amides is 1. The average molecular weight is 440 g/mol. The Morgan fingerprint density at radius 2 is 2.00 bits per heavy atom. The van der Waals surface area contributed by atoms with Crippen LogP contribution in [0.1, 0.15) is 34.7 Å². The summed E-state index contributed by atoms with van der Waals surface area (Å²) >= 11 is 1.59. The van der Waals surface area contributed by atoms with E-state index in [1.807, 2.05) is 24.3 Å². The van der Waals surface area contributed by atoms with E-state index in [2.05, 4.69) is 15.6 Å². The summed E-state index contributed by atoms with van der Waals surface area (Å²) < 4.78 is 10.00. The Bertz CT molecular complexity index is 1010. The molecule has 0 aliphatic carbocycles. The molecule has 0 unspecified atom stereocenters. The first kappa shape index (κ1) is 21.3. The molecule has 1 aliphatic heterocycles. The Balaban J connectivity index is 1.26. The molecule has 0 radical (unpaired) electrons. The molecule has 0 saturated carbocycles. The summed E-state index contributed by atoms with van der Waals surface area (Å²) in [7, 11) is 1.37. The van der Waals surface area contributed by atoms with Gasteiger partial charge >= 0.3 is 5.97 Å². The van der Waals surface area contributed by atoms with Crippen LogP contribution in [0.4, 0.5) is 0 Å². The molecule has 0 bridgehead atoms. The third-order valence-corrected chi connectivity index (χ3v) is 6.41.